The Labute approximate surface area is 124 Å². The van der Waals surface area contributed by atoms with Gasteiger partial charge in [0.25, 0.3) is 0 Å². The maximum atomic E-state index is 12.3. The summed E-state index contributed by atoms with van der Waals surface area (Å²) in [5.74, 6) is 0. The van der Waals surface area contributed by atoms with Crippen LogP contribution in [-0.4, -0.2) is 53.2 Å². The first-order valence-corrected chi connectivity index (χ1v) is 8.24. The van der Waals surface area contributed by atoms with Crippen LogP contribution in [0.15, 0.2) is 35.2 Å². The van der Waals surface area contributed by atoms with E-state index in [0.717, 1.165) is 0 Å². The lowest BCUT2D eigenvalue weighted by atomic mass is 10.3. The normalized spacial score (nSPS) is 23.0. The van der Waals surface area contributed by atoms with E-state index in [1.54, 1.807) is 44.4 Å². The van der Waals surface area contributed by atoms with Crippen LogP contribution in [0.5, 0.6) is 0 Å². The molecule has 3 atom stereocenters. The first-order chi connectivity index (χ1) is 10.1. The van der Waals surface area contributed by atoms with Gasteiger partial charge >= 0.3 is 0 Å². The van der Waals surface area contributed by atoms with Gasteiger partial charge in [-0.3, -0.25) is 0 Å². The van der Waals surface area contributed by atoms with Crippen LogP contribution in [0.2, 0.25) is 0 Å². The molecule has 1 aromatic rings. The molecule has 1 saturated heterocycles. The van der Waals surface area contributed by atoms with E-state index in [0.29, 0.717) is 13.2 Å². The number of epoxide rings is 1. The molecule has 1 aliphatic heterocycles. The molecule has 0 aliphatic carbocycles. The fourth-order valence-electron chi connectivity index (χ4n) is 1.89. The van der Waals surface area contributed by atoms with Crippen molar-refractivity contribution in [2.75, 3.05) is 27.1 Å². The van der Waals surface area contributed by atoms with E-state index in [2.05, 4.69) is 0 Å². The van der Waals surface area contributed by atoms with Crippen LogP contribution < -0.4 is 0 Å². The lowest BCUT2D eigenvalue weighted by molar-refractivity contribution is -0.0978. The SMILES string of the molecule is COCCOCO[C@@H](C)[C@H]1O[C@@H]1S(=O)(=O)c1ccccc1. The van der Waals surface area contributed by atoms with E-state index >= 15 is 0 Å². The van der Waals surface area contributed by atoms with Gasteiger partial charge < -0.3 is 18.9 Å². The molecule has 7 heteroatoms. The highest BCUT2D eigenvalue weighted by Gasteiger charge is 2.53. The fraction of sp³-hybridized carbons (Fsp3) is 0.571. The first-order valence-electron chi connectivity index (χ1n) is 6.70. The highest BCUT2D eigenvalue weighted by Crippen LogP contribution is 2.35. The van der Waals surface area contributed by atoms with Crippen LogP contribution in [0.3, 0.4) is 0 Å². The highest BCUT2D eigenvalue weighted by atomic mass is 32.2. The zero-order valence-electron chi connectivity index (χ0n) is 12.1. The van der Waals surface area contributed by atoms with Crippen molar-refractivity contribution >= 4 is 9.84 Å². The van der Waals surface area contributed by atoms with Crippen molar-refractivity contribution in [3.63, 3.8) is 0 Å². The van der Waals surface area contributed by atoms with E-state index in [1.165, 1.54) is 0 Å². The van der Waals surface area contributed by atoms with E-state index in [9.17, 15) is 8.42 Å². The van der Waals surface area contributed by atoms with Gasteiger partial charge in [-0.15, -0.1) is 0 Å². The number of methoxy groups -OCH3 is 1. The maximum Gasteiger partial charge on any atom is 0.207 e. The molecular formula is C14H20O6S. The zero-order chi connectivity index (χ0) is 15.3. The maximum absolute atomic E-state index is 12.3. The Kier molecular flexibility index (Phi) is 5.72. The van der Waals surface area contributed by atoms with Gasteiger partial charge in [0.15, 0.2) is 5.44 Å². The van der Waals surface area contributed by atoms with Gasteiger partial charge in [0, 0.05) is 7.11 Å². The van der Waals surface area contributed by atoms with Crippen molar-refractivity contribution in [3.05, 3.63) is 30.3 Å². The summed E-state index contributed by atoms with van der Waals surface area (Å²) in [6.45, 7) is 2.77. The Bertz CT molecular complexity index is 530. The molecular weight excluding hydrogens is 296 g/mol. The Balaban J connectivity index is 1.81. The summed E-state index contributed by atoms with van der Waals surface area (Å²) in [5.41, 5.74) is -0.839. The van der Waals surface area contributed by atoms with E-state index < -0.39 is 21.4 Å². The largest absolute Gasteiger partial charge is 0.382 e. The minimum absolute atomic E-state index is 0.0858. The number of hydrogen-bond donors (Lipinski definition) is 0. The van der Waals surface area contributed by atoms with Gasteiger partial charge in [-0.1, -0.05) is 18.2 Å². The average Bonchev–Trinajstić information content (AvgIpc) is 3.29. The van der Waals surface area contributed by atoms with Crippen molar-refractivity contribution < 1.29 is 27.4 Å². The standard InChI is InChI=1S/C14H20O6S/c1-11(19-10-18-9-8-17-2)13-14(20-13)21(15,16)12-6-4-3-5-7-12/h3-7,11,13-14H,8-10H2,1-2H3/t11-,13+,14+/m0/s1. The smallest absolute Gasteiger partial charge is 0.207 e. The average molecular weight is 316 g/mol. The van der Waals surface area contributed by atoms with E-state index in [-0.39, 0.29) is 17.8 Å². The topological polar surface area (TPSA) is 74.4 Å². The van der Waals surface area contributed by atoms with Gasteiger partial charge in [0.1, 0.15) is 12.9 Å². The third-order valence-electron chi connectivity index (χ3n) is 3.17. The molecule has 1 aromatic carbocycles. The summed E-state index contributed by atoms with van der Waals surface area (Å²) in [6, 6.07) is 8.27. The molecule has 0 amide bonds. The van der Waals surface area contributed by atoms with Crippen LogP contribution in [0.25, 0.3) is 0 Å². The van der Waals surface area contributed by atoms with Crippen LogP contribution in [0.1, 0.15) is 6.92 Å². The second-order valence-electron chi connectivity index (χ2n) is 4.72. The van der Waals surface area contributed by atoms with Crippen molar-refractivity contribution in [3.8, 4) is 0 Å². The molecule has 0 bridgehead atoms. The molecule has 6 nitrogen and oxygen atoms in total. The van der Waals surface area contributed by atoms with Crippen LogP contribution in [0.4, 0.5) is 0 Å². The lowest BCUT2D eigenvalue weighted by Gasteiger charge is -2.10. The highest BCUT2D eigenvalue weighted by molar-refractivity contribution is 7.92. The summed E-state index contributed by atoms with van der Waals surface area (Å²) in [4.78, 5) is 0.265. The summed E-state index contributed by atoms with van der Waals surface area (Å²) in [7, 11) is -1.88. The Morgan fingerprint density at radius 1 is 1.24 bits per heavy atom. The van der Waals surface area contributed by atoms with Gasteiger partial charge in [-0.25, -0.2) is 8.42 Å². The molecule has 0 spiro atoms. The Morgan fingerprint density at radius 3 is 2.62 bits per heavy atom. The predicted molar refractivity (Wildman–Crippen MR) is 75.5 cm³/mol. The number of hydrogen-bond acceptors (Lipinski definition) is 6. The quantitative estimate of drug-likeness (QED) is 0.387. The van der Waals surface area contributed by atoms with Crippen molar-refractivity contribution in [1.29, 1.82) is 0 Å². The van der Waals surface area contributed by atoms with Crippen LogP contribution in [-0.2, 0) is 28.8 Å². The minimum Gasteiger partial charge on any atom is -0.382 e. The monoisotopic (exact) mass is 316 g/mol. The summed E-state index contributed by atoms with van der Waals surface area (Å²) in [5, 5.41) is 0. The molecule has 0 aromatic heterocycles. The number of benzene rings is 1. The van der Waals surface area contributed by atoms with E-state index in [4.69, 9.17) is 18.9 Å². The second kappa shape index (κ2) is 7.33. The van der Waals surface area contributed by atoms with E-state index in [1.807, 2.05) is 0 Å². The molecule has 1 heterocycles. The van der Waals surface area contributed by atoms with Gasteiger partial charge in [0.05, 0.1) is 24.2 Å². The Morgan fingerprint density at radius 2 is 1.95 bits per heavy atom. The summed E-state index contributed by atoms with van der Waals surface area (Å²) in [6.07, 6.45) is -0.808. The molecule has 0 radical (unpaired) electrons. The first kappa shape index (κ1) is 16.4. The molecule has 0 saturated carbocycles. The van der Waals surface area contributed by atoms with Gasteiger partial charge in [-0.05, 0) is 19.1 Å². The predicted octanol–water partition coefficient (Wildman–Crippen LogP) is 1.21. The van der Waals surface area contributed by atoms with Gasteiger partial charge in [0.2, 0.25) is 9.84 Å². The third-order valence-corrected chi connectivity index (χ3v) is 5.09. The lowest BCUT2D eigenvalue weighted by Crippen LogP contribution is -2.23. The van der Waals surface area contributed by atoms with Crippen molar-refractivity contribution in [2.24, 2.45) is 0 Å². The zero-order valence-corrected chi connectivity index (χ0v) is 12.9. The second-order valence-corrected chi connectivity index (χ2v) is 6.74. The van der Waals surface area contributed by atoms with Crippen molar-refractivity contribution in [2.45, 2.75) is 29.5 Å². The molecule has 21 heavy (non-hydrogen) atoms. The number of ether oxygens (including phenoxy) is 4. The molecule has 1 fully saturated rings. The van der Waals surface area contributed by atoms with Gasteiger partial charge in [-0.2, -0.15) is 0 Å². The summed E-state index contributed by atoms with van der Waals surface area (Å²) >= 11 is 0. The molecule has 2 rings (SSSR count). The molecule has 1 aliphatic rings. The summed E-state index contributed by atoms with van der Waals surface area (Å²) < 4.78 is 45.3. The minimum atomic E-state index is -3.46. The van der Waals surface area contributed by atoms with Crippen molar-refractivity contribution in [1.82, 2.24) is 0 Å². The van der Waals surface area contributed by atoms with Crippen LogP contribution in [0, 0.1) is 0 Å². The molecule has 118 valence electrons. The third kappa shape index (κ3) is 4.24. The molecule has 0 N–H and O–H groups in total. The van der Waals surface area contributed by atoms with Crippen LogP contribution >= 0.6 is 0 Å². The number of sulfone groups is 1. The number of rotatable bonds is 9. The Hall–Kier alpha value is -0.990. The fourth-order valence-corrected chi connectivity index (χ4v) is 3.54. The molecule has 0 unspecified atom stereocenters.